The van der Waals surface area contributed by atoms with E-state index < -0.39 is 15.0 Å². The number of nitrogens with zero attached hydrogens (tertiary/aromatic N) is 1. The van der Waals surface area contributed by atoms with E-state index in [1.54, 1.807) is 30.3 Å². The third kappa shape index (κ3) is 4.57. The van der Waals surface area contributed by atoms with Crippen molar-refractivity contribution in [2.45, 2.75) is 14.7 Å². The topological polar surface area (TPSA) is 107 Å². The largest absolute Gasteiger partial charge is 0.508 e. The Morgan fingerprint density at radius 1 is 0.963 bits per heavy atom. The van der Waals surface area contributed by atoms with Crippen LogP contribution < -0.4 is 4.18 Å². The van der Waals surface area contributed by atoms with E-state index in [0.717, 1.165) is 17.8 Å². The molecular formula is C18H13NO6S2. The lowest BCUT2D eigenvalue weighted by atomic mass is 10.3. The summed E-state index contributed by atoms with van der Waals surface area (Å²) in [6.07, 6.45) is 0. The van der Waals surface area contributed by atoms with Crippen LogP contribution in [0.3, 0.4) is 0 Å². The number of phenols is 1. The zero-order chi connectivity index (χ0) is 19.4. The molecule has 1 N–H and O–H groups in total. The fraction of sp³-hybridized carbons (Fsp3) is 0. The lowest BCUT2D eigenvalue weighted by Gasteiger charge is -2.11. The Bertz CT molecular complexity index is 1070. The maximum absolute atomic E-state index is 12.7. The van der Waals surface area contributed by atoms with E-state index in [-0.39, 0.29) is 27.0 Å². The van der Waals surface area contributed by atoms with Gasteiger partial charge in [0.15, 0.2) is 0 Å². The molecule has 0 unspecified atom stereocenters. The van der Waals surface area contributed by atoms with Crippen LogP contribution in [0.1, 0.15) is 0 Å². The van der Waals surface area contributed by atoms with E-state index in [9.17, 15) is 23.6 Å². The second-order valence-corrected chi connectivity index (χ2v) is 7.96. The molecule has 0 radical (unpaired) electrons. The summed E-state index contributed by atoms with van der Waals surface area (Å²) in [7, 11) is -4.30. The Hall–Kier alpha value is -3.04. The summed E-state index contributed by atoms with van der Waals surface area (Å²) >= 11 is 1.09. The van der Waals surface area contributed by atoms with Crippen LogP contribution in [-0.2, 0) is 10.1 Å². The van der Waals surface area contributed by atoms with E-state index in [0.29, 0.717) is 4.90 Å². The average molecular weight is 403 g/mol. The van der Waals surface area contributed by atoms with Gasteiger partial charge in [-0.2, -0.15) is 8.42 Å². The molecule has 3 aromatic carbocycles. The number of hydrogen-bond acceptors (Lipinski definition) is 7. The maximum Gasteiger partial charge on any atom is 0.340 e. The van der Waals surface area contributed by atoms with E-state index in [2.05, 4.69) is 0 Å². The van der Waals surface area contributed by atoms with Crippen molar-refractivity contribution < 1.29 is 22.6 Å². The predicted octanol–water partition coefficient (Wildman–Crippen LogP) is 4.22. The predicted molar refractivity (Wildman–Crippen MR) is 99.6 cm³/mol. The molecule has 27 heavy (non-hydrogen) atoms. The van der Waals surface area contributed by atoms with Crippen molar-refractivity contribution in [2.75, 3.05) is 0 Å². The number of nitro benzene ring substituents is 1. The van der Waals surface area contributed by atoms with Gasteiger partial charge in [-0.1, -0.05) is 30.0 Å². The lowest BCUT2D eigenvalue weighted by molar-refractivity contribution is -0.385. The Balaban J connectivity index is 2.03. The number of para-hydroxylation sites is 1. The Labute approximate surface area is 159 Å². The van der Waals surface area contributed by atoms with Crippen molar-refractivity contribution >= 4 is 27.6 Å². The summed E-state index contributed by atoms with van der Waals surface area (Å²) < 4.78 is 30.6. The molecule has 0 heterocycles. The summed E-state index contributed by atoms with van der Waals surface area (Å²) in [5.41, 5.74) is -0.361. The van der Waals surface area contributed by atoms with Crippen molar-refractivity contribution in [2.24, 2.45) is 0 Å². The van der Waals surface area contributed by atoms with Crippen molar-refractivity contribution in [3.8, 4) is 11.5 Å². The Morgan fingerprint density at radius 2 is 1.63 bits per heavy atom. The molecule has 0 atom stereocenters. The van der Waals surface area contributed by atoms with Gasteiger partial charge in [0.25, 0.3) is 5.69 Å². The van der Waals surface area contributed by atoms with Gasteiger partial charge in [0.2, 0.25) is 0 Å². The van der Waals surface area contributed by atoms with Gasteiger partial charge in [-0.15, -0.1) is 0 Å². The van der Waals surface area contributed by atoms with Crippen molar-refractivity contribution in [1.82, 2.24) is 0 Å². The fourth-order valence-corrected chi connectivity index (χ4v) is 4.47. The molecule has 0 fully saturated rings. The molecule has 3 rings (SSSR count). The molecule has 0 bridgehead atoms. The first-order valence-corrected chi connectivity index (χ1v) is 9.82. The summed E-state index contributed by atoms with van der Waals surface area (Å²) in [5, 5.41) is 20.4. The number of hydrogen-bond donors (Lipinski definition) is 1. The molecule has 0 amide bonds. The van der Waals surface area contributed by atoms with Gasteiger partial charge in [0, 0.05) is 21.9 Å². The summed E-state index contributed by atoms with van der Waals surface area (Å²) in [4.78, 5) is 11.0. The first kappa shape index (κ1) is 18.7. The molecule has 0 aliphatic carbocycles. The second kappa shape index (κ2) is 7.68. The number of aromatic hydroxyl groups is 1. The molecule has 7 nitrogen and oxygen atoms in total. The van der Waals surface area contributed by atoms with Crippen LogP contribution in [-0.4, -0.2) is 18.4 Å². The van der Waals surface area contributed by atoms with Gasteiger partial charge < -0.3 is 9.29 Å². The summed E-state index contributed by atoms with van der Waals surface area (Å²) in [6, 6.07) is 17.6. The highest BCUT2D eigenvalue weighted by Crippen LogP contribution is 2.36. The standard InChI is InChI=1S/C18H13NO6S2/c20-14-7-9-16(10-8-14)26-17-11-6-13(19(21)22)12-18(17)27(23,24)25-15-4-2-1-3-5-15/h1-12,20H. The van der Waals surface area contributed by atoms with E-state index in [1.807, 2.05) is 0 Å². The Morgan fingerprint density at radius 3 is 2.26 bits per heavy atom. The van der Waals surface area contributed by atoms with Crippen LogP contribution in [0.25, 0.3) is 0 Å². The van der Waals surface area contributed by atoms with Crippen LogP contribution >= 0.6 is 11.8 Å². The monoisotopic (exact) mass is 403 g/mol. The molecule has 0 aliphatic rings. The molecule has 138 valence electrons. The third-order valence-corrected chi connectivity index (χ3v) is 5.92. The highest BCUT2D eigenvalue weighted by atomic mass is 32.2. The zero-order valence-corrected chi connectivity index (χ0v) is 15.3. The molecule has 9 heteroatoms. The minimum Gasteiger partial charge on any atom is -0.508 e. The third-order valence-electron chi connectivity index (χ3n) is 3.42. The smallest absolute Gasteiger partial charge is 0.340 e. The number of non-ortho nitro benzene ring substituents is 1. The number of benzene rings is 3. The zero-order valence-electron chi connectivity index (χ0n) is 13.7. The number of phenolic OH excluding ortho intramolecular Hbond substituents is 1. The molecule has 0 aromatic heterocycles. The fourth-order valence-electron chi connectivity index (χ4n) is 2.18. The van der Waals surface area contributed by atoms with Gasteiger partial charge in [0.05, 0.1) is 4.92 Å². The van der Waals surface area contributed by atoms with Crippen LogP contribution in [0, 0.1) is 10.1 Å². The van der Waals surface area contributed by atoms with Gasteiger partial charge in [0.1, 0.15) is 16.4 Å². The maximum atomic E-state index is 12.7. The van der Waals surface area contributed by atoms with Gasteiger partial charge in [-0.25, -0.2) is 0 Å². The molecule has 3 aromatic rings. The first-order chi connectivity index (χ1) is 12.8. The van der Waals surface area contributed by atoms with Crippen LogP contribution in [0.15, 0.2) is 87.5 Å². The van der Waals surface area contributed by atoms with Crippen molar-refractivity contribution in [3.63, 3.8) is 0 Å². The SMILES string of the molecule is O=[N+]([O-])c1ccc(Sc2ccc(O)cc2)c(S(=O)(=O)Oc2ccccc2)c1. The normalized spacial score (nSPS) is 11.1. The number of nitro groups is 1. The van der Waals surface area contributed by atoms with Crippen molar-refractivity contribution in [1.29, 1.82) is 0 Å². The highest BCUT2D eigenvalue weighted by molar-refractivity contribution is 8.00. The van der Waals surface area contributed by atoms with Gasteiger partial charge >= 0.3 is 10.1 Å². The van der Waals surface area contributed by atoms with Gasteiger partial charge in [-0.3, -0.25) is 10.1 Å². The molecule has 0 saturated carbocycles. The second-order valence-electron chi connectivity index (χ2n) is 5.33. The average Bonchev–Trinajstić information content (AvgIpc) is 2.64. The lowest BCUT2D eigenvalue weighted by Crippen LogP contribution is -2.11. The van der Waals surface area contributed by atoms with Crippen LogP contribution in [0.4, 0.5) is 5.69 Å². The highest BCUT2D eigenvalue weighted by Gasteiger charge is 2.25. The molecule has 0 saturated heterocycles. The first-order valence-electron chi connectivity index (χ1n) is 7.60. The molecular weight excluding hydrogens is 390 g/mol. The quantitative estimate of drug-likeness (QED) is 0.373. The van der Waals surface area contributed by atoms with E-state index >= 15 is 0 Å². The minimum absolute atomic E-state index is 0.0725. The van der Waals surface area contributed by atoms with E-state index in [1.165, 1.54) is 36.4 Å². The van der Waals surface area contributed by atoms with Crippen LogP contribution in [0.2, 0.25) is 0 Å². The van der Waals surface area contributed by atoms with Crippen molar-refractivity contribution in [3.05, 3.63) is 82.9 Å². The summed E-state index contributed by atoms with van der Waals surface area (Å²) in [5.74, 6) is 0.174. The Kier molecular flexibility index (Phi) is 5.33. The van der Waals surface area contributed by atoms with E-state index in [4.69, 9.17) is 4.18 Å². The van der Waals surface area contributed by atoms with Gasteiger partial charge in [-0.05, 0) is 42.5 Å². The summed E-state index contributed by atoms with van der Waals surface area (Å²) in [6.45, 7) is 0. The molecule has 0 aliphatic heterocycles. The molecule has 0 spiro atoms. The van der Waals surface area contributed by atoms with Crippen LogP contribution in [0.5, 0.6) is 11.5 Å². The minimum atomic E-state index is -4.30. The number of rotatable bonds is 6.